The molecule has 0 aromatic heterocycles. The number of benzene rings is 3. The Kier molecular flexibility index (Phi) is 6.90. The lowest BCUT2D eigenvalue weighted by molar-refractivity contribution is 0.653. The van der Waals surface area contributed by atoms with E-state index >= 15 is 0 Å². The largest absolute Gasteiger partial charge is 0.0949 e. The fourth-order valence-electron chi connectivity index (χ4n) is 4.76. The highest BCUT2D eigenvalue weighted by atomic mass is 14.2. The van der Waals surface area contributed by atoms with Crippen LogP contribution in [0.1, 0.15) is 59.6 Å². The highest BCUT2D eigenvalue weighted by Gasteiger charge is 2.19. The van der Waals surface area contributed by atoms with Crippen molar-refractivity contribution in [3.63, 3.8) is 0 Å². The first-order valence-corrected chi connectivity index (χ1v) is 11.9. The molecule has 0 heteroatoms. The van der Waals surface area contributed by atoms with Crippen LogP contribution >= 0.6 is 0 Å². The zero-order valence-corrected chi connectivity index (χ0v) is 19.5. The van der Waals surface area contributed by atoms with Crippen molar-refractivity contribution in [3.8, 4) is 0 Å². The summed E-state index contributed by atoms with van der Waals surface area (Å²) in [5.41, 5.74) is 11.9. The van der Waals surface area contributed by atoms with Crippen LogP contribution in [0.15, 0.2) is 92.0 Å². The molecule has 1 aliphatic rings. The molecule has 0 saturated heterocycles. The summed E-state index contributed by atoms with van der Waals surface area (Å²) < 4.78 is 0. The number of rotatable bonds is 7. The summed E-state index contributed by atoms with van der Waals surface area (Å²) in [5.74, 6) is 0.412. The molecule has 1 unspecified atom stereocenters. The van der Waals surface area contributed by atoms with Gasteiger partial charge in [0.2, 0.25) is 0 Å². The van der Waals surface area contributed by atoms with Gasteiger partial charge in [-0.05, 0) is 89.1 Å². The molecule has 1 aliphatic carbocycles. The summed E-state index contributed by atoms with van der Waals surface area (Å²) in [7, 11) is 0. The monoisotopic (exact) mass is 418 g/mol. The predicted molar refractivity (Wildman–Crippen MR) is 141 cm³/mol. The first kappa shape index (κ1) is 22.1. The van der Waals surface area contributed by atoms with E-state index in [2.05, 4.69) is 99.8 Å². The summed E-state index contributed by atoms with van der Waals surface area (Å²) in [4.78, 5) is 0. The van der Waals surface area contributed by atoms with Gasteiger partial charge in [0, 0.05) is 5.92 Å². The van der Waals surface area contributed by atoms with Gasteiger partial charge in [0.1, 0.15) is 0 Å². The minimum Gasteiger partial charge on any atom is -0.0949 e. The summed E-state index contributed by atoms with van der Waals surface area (Å²) in [5, 5.41) is 0. The average molecular weight is 419 g/mol. The van der Waals surface area contributed by atoms with Gasteiger partial charge < -0.3 is 0 Å². The van der Waals surface area contributed by atoms with Gasteiger partial charge in [0.05, 0.1) is 0 Å². The van der Waals surface area contributed by atoms with E-state index < -0.39 is 0 Å². The van der Waals surface area contributed by atoms with Crippen LogP contribution in [0.25, 0.3) is 16.7 Å². The second kappa shape index (κ2) is 10.0. The van der Waals surface area contributed by atoms with Crippen molar-refractivity contribution in [2.45, 2.75) is 46.0 Å². The Morgan fingerprint density at radius 3 is 2.38 bits per heavy atom. The maximum absolute atomic E-state index is 4.50. The van der Waals surface area contributed by atoms with Crippen LogP contribution in [0, 0.1) is 12.8 Å². The fraction of sp³-hybridized carbons (Fsp3) is 0.250. The van der Waals surface area contributed by atoms with Crippen molar-refractivity contribution < 1.29 is 0 Å². The third-order valence-electron chi connectivity index (χ3n) is 6.84. The molecule has 0 spiro atoms. The predicted octanol–water partition coefficient (Wildman–Crippen LogP) is 8.71. The summed E-state index contributed by atoms with van der Waals surface area (Å²) in [6.45, 7) is 13.2. The number of hydrogen-bond acceptors (Lipinski definition) is 0. The van der Waals surface area contributed by atoms with Crippen molar-refractivity contribution in [1.82, 2.24) is 0 Å². The van der Waals surface area contributed by atoms with Crippen LogP contribution in [0.4, 0.5) is 0 Å². The molecule has 3 aromatic rings. The van der Waals surface area contributed by atoms with Crippen LogP contribution < -0.4 is 0 Å². The second-order valence-corrected chi connectivity index (χ2v) is 9.05. The van der Waals surface area contributed by atoms with Crippen LogP contribution in [0.2, 0.25) is 0 Å². The Labute approximate surface area is 194 Å². The topological polar surface area (TPSA) is 0 Å². The van der Waals surface area contributed by atoms with Crippen LogP contribution in [-0.2, 0) is 12.8 Å². The second-order valence-electron chi connectivity index (χ2n) is 9.05. The fourth-order valence-corrected chi connectivity index (χ4v) is 4.76. The molecule has 3 aromatic carbocycles. The zero-order valence-electron chi connectivity index (χ0n) is 19.5. The molecular weight excluding hydrogens is 384 g/mol. The van der Waals surface area contributed by atoms with E-state index in [1.54, 1.807) is 0 Å². The van der Waals surface area contributed by atoms with E-state index in [1.807, 2.05) is 6.07 Å². The van der Waals surface area contributed by atoms with Gasteiger partial charge in [-0.1, -0.05) is 99.0 Å². The molecule has 0 N–H and O–H groups in total. The van der Waals surface area contributed by atoms with Crippen LogP contribution in [0.5, 0.6) is 0 Å². The van der Waals surface area contributed by atoms with Crippen molar-refractivity contribution in [3.05, 3.63) is 125 Å². The minimum atomic E-state index is 0.412. The lowest BCUT2D eigenvalue weighted by atomic mass is 9.81. The van der Waals surface area contributed by atoms with Gasteiger partial charge in [-0.25, -0.2) is 0 Å². The van der Waals surface area contributed by atoms with E-state index in [9.17, 15) is 0 Å². The number of hydrogen-bond donors (Lipinski definition) is 0. The van der Waals surface area contributed by atoms with Gasteiger partial charge in [-0.15, -0.1) is 0 Å². The number of aryl methyl sites for hydroxylation is 2. The van der Waals surface area contributed by atoms with Crippen LogP contribution in [-0.4, -0.2) is 0 Å². The molecule has 0 aliphatic heterocycles. The smallest absolute Gasteiger partial charge is 0.00241 e. The highest BCUT2D eigenvalue weighted by molar-refractivity contribution is 5.74. The zero-order chi connectivity index (χ0) is 22.5. The Hall–Kier alpha value is -3.12. The van der Waals surface area contributed by atoms with Crippen molar-refractivity contribution in [2.24, 2.45) is 5.92 Å². The molecule has 32 heavy (non-hydrogen) atoms. The lowest BCUT2D eigenvalue weighted by Crippen LogP contribution is -2.07. The average Bonchev–Trinajstić information content (AvgIpc) is 2.85. The maximum atomic E-state index is 4.50. The summed E-state index contributed by atoms with van der Waals surface area (Å²) in [6, 6.07) is 26.3. The molecule has 0 bridgehead atoms. The first-order valence-electron chi connectivity index (χ1n) is 11.9. The highest BCUT2D eigenvalue weighted by Crippen LogP contribution is 2.37. The molecule has 1 atom stereocenters. The quantitative estimate of drug-likeness (QED) is 0.360. The Bertz CT molecular complexity index is 1130. The normalized spacial score (nSPS) is 15.8. The standard InChI is InChI=1S/C32H34/c1-5-27-21-32(17-14-23(27)2)31-13-9-12-30(22-31)25(4)29-18-15-26(16-19-29)20-24(3)28-10-7-6-8-11-28/h6-8,10-11,14-19,21-22,30H,3-5,9,12-13,20H2,1-2H3. The maximum Gasteiger partial charge on any atom is 0.00241 e. The molecule has 0 nitrogen and oxygen atoms in total. The van der Waals surface area contributed by atoms with E-state index in [-0.39, 0.29) is 0 Å². The molecule has 162 valence electrons. The van der Waals surface area contributed by atoms with Gasteiger partial charge in [-0.2, -0.15) is 0 Å². The third-order valence-corrected chi connectivity index (χ3v) is 6.84. The van der Waals surface area contributed by atoms with Crippen molar-refractivity contribution >= 4 is 16.7 Å². The molecular formula is C32H34. The molecule has 0 fully saturated rings. The molecule has 0 saturated carbocycles. The molecule has 0 heterocycles. The van der Waals surface area contributed by atoms with E-state index in [1.165, 1.54) is 57.4 Å². The summed E-state index contributed by atoms with van der Waals surface area (Å²) in [6.07, 6.45) is 8.00. The van der Waals surface area contributed by atoms with E-state index in [0.717, 1.165) is 24.8 Å². The molecule has 4 rings (SSSR count). The third kappa shape index (κ3) is 5.02. The molecule has 0 radical (unpaired) electrons. The minimum absolute atomic E-state index is 0.412. The van der Waals surface area contributed by atoms with Gasteiger partial charge in [0.25, 0.3) is 0 Å². The van der Waals surface area contributed by atoms with Crippen molar-refractivity contribution in [2.75, 3.05) is 0 Å². The van der Waals surface area contributed by atoms with E-state index in [0.29, 0.717) is 5.92 Å². The number of allylic oxidation sites excluding steroid dienone is 4. The lowest BCUT2D eigenvalue weighted by Gasteiger charge is -2.24. The van der Waals surface area contributed by atoms with Gasteiger partial charge in [-0.3, -0.25) is 0 Å². The van der Waals surface area contributed by atoms with E-state index in [4.69, 9.17) is 0 Å². The molecule has 0 amide bonds. The Balaban J connectivity index is 1.48. The van der Waals surface area contributed by atoms with Gasteiger partial charge >= 0.3 is 0 Å². The Morgan fingerprint density at radius 1 is 0.906 bits per heavy atom. The van der Waals surface area contributed by atoms with Crippen LogP contribution in [0.3, 0.4) is 0 Å². The van der Waals surface area contributed by atoms with Gasteiger partial charge in [0.15, 0.2) is 0 Å². The Morgan fingerprint density at radius 2 is 1.66 bits per heavy atom. The SMILES string of the molecule is C=C(Cc1ccc(C(=C)C2C=C(c3ccc(C)c(CC)c3)CCC2)cc1)c1ccccc1. The van der Waals surface area contributed by atoms with Crippen molar-refractivity contribution in [1.29, 1.82) is 0 Å². The summed E-state index contributed by atoms with van der Waals surface area (Å²) >= 11 is 0. The first-order chi connectivity index (χ1) is 15.5.